The van der Waals surface area contributed by atoms with E-state index in [1.54, 1.807) is 17.8 Å². The number of hydrogen-bond acceptors (Lipinski definition) is 3. The molecular formula is C16H15NO2S. The minimum Gasteiger partial charge on any atom is -0.493 e. The first-order valence-electron chi connectivity index (χ1n) is 6.43. The number of nitrogens with two attached hydrogens (primary N) is 1. The van der Waals surface area contributed by atoms with E-state index in [2.05, 4.69) is 6.07 Å². The minimum absolute atomic E-state index is 0.400. The third-order valence-corrected chi connectivity index (χ3v) is 4.28. The van der Waals surface area contributed by atoms with Crippen molar-refractivity contribution in [2.75, 3.05) is 12.9 Å². The van der Waals surface area contributed by atoms with Crippen molar-refractivity contribution in [1.82, 2.24) is 0 Å². The summed E-state index contributed by atoms with van der Waals surface area (Å²) in [6, 6.07) is 11.8. The van der Waals surface area contributed by atoms with Crippen LogP contribution >= 0.6 is 11.8 Å². The number of thioether (sulfide) groups is 1. The number of fused-ring (bicyclic) bond motifs is 1. The fraction of sp³-hybridized carbons (Fsp3) is 0.188. The van der Waals surface area contributed by atoms with Gasteiger partial charge in [-0.3, -0.25) is 4.79 Å². The van der Waals surface area contributed by atoms with Gasteiger partial charge in [0, 0.05) is 16.9 Å². The number of amides is 1. The van der Waals surface area contributed by atoms with E-state index in [4.69, 9.17) is 10.5 Å². The summed E-state index contributed by atoms with van der Waals surface area (Å²) in [4.78, 5) is 12.5. The van der Waals surface area contributed by atoms with Gasteiger partial charge in [-0.15, -0.1) is 11.8 Å². The van der Waals surface area contributed by atoms with E-state index in [-0.39, 0.29) is 0 Å². The van der Waals surface area contributed by atoms with Gasteiger partial charge in [-0.25, -0.2) is 0 Å². The van der Waals surface area contributed by atoms with Crippen LogP contribution in [0.25, 0.3) is 11.1 Å². The molecule has 0 fully saturated rings. The van der Waals surface area contributed by atoms with Crippen LogP contribution in [0, 0.1) is 0 Å². The zero-order chi connectivity index (χ0) is 14.1. The number of carbonyl (C=O) groups excluding carboxylic acids is 1. The van der Waals surface area contributed by atoms with Crippen molar-refractivity contribution in [3.63, 3.8) is 0 Å². The molecule has 1 heterocycles. The second-order valence-corrected chi connectivity index (χ2v) is 5.55. The summed E-state index contributed by atoms with van der Waals surface area (Å²) in [5.41, 5.74) is 9.28. The molecule has 102 valence electrons. The molecule has 0 bridgehead atoms. The number of carbonyl (C=O) groups is 1. The molecule has 4 heteroatoms. The molecule has 2 aromatic rings. The van der Waals surface area contributed by atoms with E-state index in [0.717, 1.165) is 34.8 Å². The first kappa shape index (κ1) is 13.1. The molecule has 0 aliphatic carbocycles. The Morgan fingerprint density at radius 3 is 2.85 bits per heavy atom. The fourth-order valence-corrected chi connectivity index (χ4v) is 3.04. The number of ether oxygens (including phenoxy) is 1. The lowest BCUT2D eigenvalue weighted by Crippen LogP contribution is -2.10. The second kappa shape index (κ2) is 5.21. The Bertz CT molecular complexity index is 682. The molecule has 0 radical (unpaired) electrons. The van der Waals surface area contributed by atoms with Gasteiger partial charge in [0.1, 0.15) is 5.75 Å². The van der Waals surface area contributed by atoms with Gasteiger partial charge in [-0.05, 0) is 53.3 Å². The summed E-state index contributed by atoms with van der Waals surface area (Å²) in [6.45, 7) is 0.746. The summed E-state index contributed by atoms with van der Waals surface area (Å²) in [7, 11) is 0. The predicted octanol–water partition coefficient (Wildman–Crippen LogP) is 3.11. The van der Waals surface area contributed by atoms with Crippen LogP contribution in [0.3, 0.4) is 0 Å². The van der Waals surface area contributed by atoms with Crippen molar-refractivity contribution in [1.29, 1.82) is 0 Å². The molecule has 1 aliphatic rings. The number of primary amides is 1. The lowest BCUT2D eigenvalue weighted by Gasteiger charge is -2.10. The van der Waals surface area contributed by atoms with Gasteiger partial charge < -0.3 is 10.5 Å². The SMILES string of the molecule is CSc1ccc(C(N)=O)cc1-c1ccc2c(c1)CCO2. The van der Waals surface area contributed by atoms with Crippen molar-refractivity contribution in [3.05, 3.63) is 47.5 Å². The summed E-state index contributed by atoms with van der Waals surface area (Å²) < 4.78 is 5.53. The largest absolute Gasteiger partial charge is 0.493 e. The molecule has 0 atom stereocenters. The molecule has 0 aromatic heterocycles. The highest BCUT2D eigenvalue weighted by Gasteiger charge is 2.15. The van der Waals surface area contributed by atoms with Gasteiger partial charge in [0.15, 0.2) is 0 Å². The van der Waals surface area contributed by atoms with Crippen molar-refractivity contribution >= 4 is 17.7 Å². The first-order chi connectivity index (χ1) is 9.69. The van der Waals surface area contributed by atoms with E-state index in [1.807, 2.05) is 30.5 Å². The summed E-state index contributed by atoms with van der Waals surface area (Å²) in [5, 5.41) is 0. The summed E-state index contributed by atoms with van der Waals surface area (Å²) >= 11 is 1.66. The molecule has 20 heavy (non-hydrogen) atoms. The van der Waals surface area contributed by atoms with Gasteiger partial charge >= 0.3 is 0 Å². The maximum atomic E-state index is 11.4. The Morgan fingerprint density at radius 1 is 1.25 bits per heavy atom. The Balaban J connectivity index is 2.12. The Morgan fingerprint density at radius 2 is 2.10 bits per heavy atom. The number of benzene rings is 2. The molecule has 3 rings (SSSR count). The van der Waals surface area contributed by atoms with Crippen LogP contribution in [0.4, 0.5) is 0 Å². The number of rotatable bonds is 3. The van der Waals surface area contributed by atoms with Crippen LogP contribution < -0.4 is 10.5 Å². The Labute approximate surface area is 122 Å². The molecule has 0 spiro atoms. The lowest BCUT2D eigenvalue weighted by atomic mass is 10.00. The monoisotopic (exact) mass is 285 g/mol. The maximum absolute atomic E-state index is 11.4. The molecular weight excluding hydrogens is 270 g/mol. The fourth-order valence-electron chi connectivity index (χ4n) is 2.44. The first-order valence-corrected chi connectivity index (χ1v) is 7.65. The molecule has 3 nitrogen and oxygen atoms in total. The topological polar surface area (TPSA) is 52.3 Å². The zero-order valence-electron chi connectivity index (χ0n) is 11.2. The van der Waals surface area contributed by atoms with Crippen LogP contribution in [0.5, 0.6) is 5.75 Å². The third kappa shape index (κ3) is 2.27. The van der Waals surface area contributed by atoms with Gasteiger partial charge in [-0.2, -0.15) is 0 Å². The summed E-state index contributed by atoms with van der Waals surface area (Å²) in [6.07, 6.45) is 2.96. The van der Waals surface area contributed by atoms with E-state index < -0.39 is 5.91 Å². The van der Waals surface area contributed by atoms with Crippen LogP contribution in [-0.4, -0.2) is 18.8 Å². The highest BCUT2D eigenvalue weighted by atomic mass is 32.2. The highest BCUT2D eigenvalue weighted by molar-refractivity contribution is 7.98. The molecule has 1 aliphatic heterocycles. The Kier molecular flexibility index (Phi) is 3.40. The van der Waals surface area contributed by atoms with E-state index >= 15 is 0 Å². The minimum atomic E-state index is -0.400. The van der Waals surface area contributed by atoms with Crippen molar-refractivity contribution in [2.45, 2.75) is 11.3 Å². The average molecular weight is 285 g/mol. The highest BCUT2D eigenvalue weighted by Crippen LogP contribution is 2.35. The molecule has 1 amide bonds. The van der Waals surface area contributed by atoms with Crippen molar-refractivity contribution in [2.24, 2.45) is 5.73 Å². The zero-order valence-corrected chi connectivity index (χ0v) is 12.0. The molecule has 0 saturated carbocycles. The second-order valence-electron chi connectivity index (χ2n) is 4.70. The standard InChI is InChI=1S/C16H15NO2S/c1-20-15-5-3-12(16(17)18)9-13(15)10-2-4-14-11(8-10)6-7-19-14/h2-5,8-9H,6-7H2,1H3,(H2,17,18). The third-order valence-electron chi connectivity index (χ3n) is 3.48. The van der Waals surface area contributed by atoms with Crippen LogP contribution in [0.1, 0.15) is 15.9 Å². The normalized spacial score (nSPS) is 12.8. The van der Waals surface area contributed by atoms with Gasteiger partial charge in [0.2, 0.25) is 5.91 Å². The smallest absolute Gasteiger partial charge is 0.248 e. The quantitative estimate of drug-likeness (QED) is 0.882. The molecule has 2 aromatic carbocycles. The van der Waals surface area contributed by atoms with Crippen LogP contribution in [-0.2, 0) is 6.42 Å². The average Bonchev–Trinajstić information content (AvgIpc) is 2.93. The van der Waals surface area contributed by atoms with E-state index in [1.165, 1.54) is 5.56 Å². The van der Waals surface area contributed by atoms with Crippen LogP contribution in [0.2, 0.25) is 0 Å². The van der Waals surface area contributed by atoms with Crippen molar-refractivity contribution < 1.29 is 9.53 Å². The molecule has 2 N–H and O–H groups in total. The van der Waals surface area contributed by atoms with Gasteiger partial charge in [0.25, 0.3) is 0 Å². The van der Waals surface area contributed by atoms with Gasteiger partial charge in [0.05, 0.1) is 6.61 Å². The lowest BCUT2D eigenvalue weighted by molar-refractivity contribution is 0.100. The van der Waals surface area contributed by atoms with Crippen molar-refractivity contribution in [3.8, 4) is 16.9 Å². The van der Waals surface area contributed by atoms with Crippen LogP contribution in [0.15, 0.2) is 41.3 Å². The Hall–Kier alpha value is -1.94. The van der Waals surface area contributed by atoms with Gasteiger partial charge in [-0.1, -0.05) is 6.07 Å². The molecule has 0 unspecified atom stereocenters. The summed E-state index contributed by atoms with van der Waals surface area (Å²) in [5.74, 6) is 0.564. The van der Waals surface area contributed by atoms with E-state index in [9.17, 15) is 4.79 Å². The predicted molar refractivity (Wildman–Crippen MR) is 81.4 cm³/mol. The maximum Gasteiger partial charge on any atom is 0.248 e. The van der Waals surface area contributed by atoms with E-state index in [0.29, 0.717) is 5.56 Å². The number of hydrogen-bond donors (Lipinski definition) is 1. The molecule has 0 saturated heterocycles.